The van der Waals surface area contributed by atoms with Crippen LogP contribution in [0.25, 0.3) is 33.3 Å². The number of rotatable bonds is 10. The quantitative estimate of drug-likeness (QED) is 0.106. The highest BCUT2D eigenvalue weighted by atomic mass is 16.5. The molecule has 4 rings (SSSR count). The van der Waals surface area contributed by atoms with E-state index in [1.807, 2.05) is 18.2 Å². The Morgan fingerprint density at radius 3 is 2.71 bits per heavy atom. The standard InChI is InChI=1S/C27H28N2O5/c1-4-13-33-26(31)8-7-14-32-19-10-11-20-21(16-19)27-25(17-23(20)30)34-24-15-18(29(5-2)6-3)9-12-22(24)28-27/h4,9-12,15-17H,1,5-8,13-14H2,2-3H3. The number of aromatic nitrogens is 1. The molecule has 0 atom stereocenters. The van der Waals surface area contributed by atoms with E-state index in [2.05, 4.69) is 25.3 Å². The molecular weight excluding hydrogens is 432 g/mol. The lowest BCUT2D eigenvalue weighted by Crippen LogP contribution is -2.21. The summed E-state index contributed by atoms with van der Waals surface area (Å²) in [4.78, 5) is 31.4. The minimum atomic E-state index is -0.286. The summed E-state index contributed by atoms with van der Waals surface area (Å²) in [5, 5.41) is 1.22. The van der Waals surface area contributed by atoms with Crippen LogP contribution in [0.2, 0.25) is 0 Å². The van der Waals surface area contributed by atoms with E-state index in [1.165, 1.54) is 12.1 Å². The third kappa shape index (κ3) is 4.88. The first-order valence-electron chi connectivity index (χ1n) is 11.5. The molecule has 2 aromatic carbocycles. The van der Waals surface area contributed by atoms with Gasteiger partial charge in [-0.25, -0.2) is 4.98 Å². The average Bonchev–Trinajstić information content (AvgIpc) is 2.85. The second kappa shape index (κ2) is 10.4. The molecule has 0 spiro atoms. The van der Waals surface area contributed by atoms with Crippen molar-refractivity contribution in [2.75, 3.05) is 31.2 Å². The summed E-state index contributed by atoms with van der Waals surface area (Å²) in [5.41, 5.74) is 2.87. The number of hydrogen-bond donors (Lipinski definition) is 0. The Morgan fingerprint density at radius 2 is 1.94 bits per heavy atom. The van der Waals surface area contributed by atoms with E-state index in [9.17, 15) is 9.59 Å². The third-order valence-corrected chi connectivity index (χ3v) is 5.69. The van der Waals surface area contributed by atoms with Crippen LogP contribution in [0.3, 0.4) is 0 Å². The Hall–Kier alpha value is -3.87. The van der Waals surface area contributed by atoms with Crippen LogP contribution in [-0.2, 0) is 9.53 Å². The Bertz CT molecular complexity index is 1360. The largest absolute Gasteiger partial charge is 0.494 e. The lowest BCUT2D eigenvalue weighted by molar-refractivity contribution is -0.142. The maximum absolute atomic E-state index is 12.7. The first kappa shape index (κ1) is 23.3. The lowest BCUT2D eigenvalue weighted by atomic mass is 10.0. The Balaban J connectivity index is 1.63. The minimum absolute atomic E-state index is 0.135. The number of nitrogens with zero attached hydrogens (tertiary/aromatic N) is 2. The van der Waals surface area contributed by atoms with Gasteiger partial charge < -0.3 is 18.8 Å². The van der Waals surface area contributed by atoms with E-state index in [4.69, 9.17) is 18.9 Å². The second-order valence-corrected chi connectivity index (χ2v) is 7.89. The SMILES string of the molecule is C=CCOC(=O)CCCOc1ccc2c(=O)cc3oc4cc(N(CC)CC)ccc4nc-3c2c1. The number of anilines is 1. The molecule has 1 aliphatic carbocycles. The van der Waals surface area contributed by atoms with Crippen molar-refractivity contribution in [3.63, 3.8) is 0 Å². The molecule has 1 aliphatic heterocycles. The highest BCUT2D eigenvalue weighted by Crippen LogP contribution is 2.33. The first-order chi connectivity index (χ1) is 16.5. The highest BCUT2D eigenvalue weighted by Gasteiger charge is 2.17. The van der Waals surface area contributed by atoms with E-state index in [1.54, 1.807) is 18.2 Å². The normalized spacial score (nSPS) is 11.1. The van der Waals surface area contributed by atoms with Gasteiger partial charge in [0.15, 0.2) is 16.8 Å². The van der Waals surface area contributed by atoms with Crippen LogP contribution in [0.1, 0.15) is 26.7 Å². The Morgan fingerprint density at radius 1 is 1.12 bits per heavy atom. The van der Waals surface area contributed by atoms with E-state index < -0.39 is 0 Å². The molecule has 176 valence electrons. The molecule has 7 nitrogen and oxygen atoms in total. The predicted molar refractivity (Wildman–Crippen MR) is 134 cm³/mol. The van der Waals surface area contributed by atoms with Gasteiger partial charge in [-0.1, -0.05) is 12.7 Å². The van der Waals surface area contributed by atoms with Crippen molar-refractivity contribution in [1.29, 1.82) is 0 Å². The van der Waals surface area contributed by atoms with Crippen molar-refractivity contribution in [2.24, 2.45) is 0 Å². The summed E-state index contributed by atoms with van der Waals surface area (Å²) >= 11 is 0. The van der Waals surface area contributed by atoms with Crippen molar-refractivity contribution in [2.45, 2.75) is 26.7 Å². The van der Waals surface area contributed by atoms with Crippen molar-refractivity contribution >= 4 is 33.5 Å². The molecule has 2 aromatic rings. The van der Waals surface area contributed by atoms with Gasteiger partial charge in [0.25, 0.3) is 0 Å². The summed E-state index contributed by atoms with van der Waals surface area (Å²) in [6.07, 6.45) is 2.31. The van der Waals surface area contributed by atoms with Gasteiger partial charge >= 0.3 is 5.97 Å². The third-order valence-electron chi connectivity index (χ3n) is 5.69. The molecule has 0 bridgehead atoms. The summed E-state index contributed by atoms with van der Waals surface area (Å²) in [6, 6.07) is 12.7. The maximum Gasteiger partial charge on any atom is 0.306 e. The summed E-state index contributed by atoms with van der Waals surface area (Å²) in [7, 11) is 0. The number of carbonyl (C=O) groups is 1. The minimum Gasteiger partial charge on any atom is -0.494 e. The van der Waals surface area contributed by atoms with Gasteiger partial charge in [0, 0.05) is 48.1 Å². The summed E-state index contributed by atoms with van der Waals surface area (Å²) in [6.45, 7) is 10.1. The van der Waals surface area contributed by atoms with E-state index in [-0.39, 0.29) is 24.4 Å². The fourth-order valence-electron chi connectivity index (χ4n) is 3.95. The van der Waals surface area contributed by atoms with Gasteiger partial charge in [0.1, 0.15) is 23.6 Å². The molecule has 34 heavy (non-hydrogen) atoms. The van der Waals surface area contributed by atoms with E-state index in [0.29, 0.717) is 52.1 Å². The van der Waals surface area contributed by atoms with Gasteiger partial charge in [-0.05, 0) is 50.6 Å². The number of ether oxygens (including phenoxy) is 2. The zero-order valence-electron chi connectivity index (χ0n) is 19.5. The molecule has 0 aromatic heterocycles. The van der Waals surface area contributed by atoms with Gasteiger partial charge in [-0.3, -0.25) is 9.59 Å². The Labute approximate surface area is 197 Å². The maximum atomic E-state index is 12.7. The molecule has 0 amide bonds. The highest BCUT2D eigenvalue weighted by molar-refractivity contribution is 5.97. The zero-order valence-corrected chi connectivity index (χ0v) is 19.5. The number of fused-ring (bicyclic) bond motifs is 4. The van der Waals surface area contributed by atoms with Crippen molar-refractivity contribution in [1.82, 2.24) is 4.98 Å². The second-order valence-electron chi connectivity index (χ2n) is 7.89. The van der Waals surface area contributed by atoms with Crippen molar-refractivity contribution < 1.29 is 18.7 Å². The lowest BCUT2D eigenvalue weighted by Gasteiger charge is -2.21. The van der Waals surface area contributed by atoms with Gasteiger partial charge in [0.2, 0.25) is 0 Å². The molecule has 0 unspecified atom stereocenters. The fraction of sp³-hybridized carbons (Fsp3) is 0.296. The van der Waals surface area contributed by atoms with Crippen LogP contribution in [0, 0.1) is 0 Å². The number of carbonyl (C=O) groups excluding carboxylic acids is 1. The van der Waals surface area contributed by atoms with Crippen LogP contribution < -0.4 is 15.1 Å². The molecule has 2 aliphatic rings. The number of hydrogen-bond acceptors (Lipinski definition) is 7. The Kier molecular flexibility index (Phi) is 7.11. The number of benzene rings is 3. The fourth-order valence-corrected chi connectivity index (χ4v) is 3.95. The van der Waals surface area contributed by atoms with Crippen LogP contribution in [-0.4, -0.2) is 37.3 Å². The molecule has 0 saturated carbocycles. The molecule has 1 heterocycles. The van der Waals surface area contributed by atoms with Gasteiger partial charge in [-0.15, -0.1) is 0 Å². The van der Waals surface area contributed by atoms with Gasteiger partial charge in [-0.2, -0.15) is 0 Å². The van der Waals surface area contributed by atoms with E-state index in [0.717, 1.165) is 18.8 Å². The van der Waals surface area contributed by atoms with Crippen LogP contribution >= 0.6 is 0 Å². The molecule has 0 radical (unpaired) electrons. The van der Waals surface area contributed by atoms with Crippen LogP contribution in [0.5, 0.6) is 5.75 Å². The van der Waals surface area contributed by atoms with E-state index >= 15 is 0 Å². The monoisotopic (exact) mass is 460 g/mol. The molecule has 7 heteroatoms. The molecule has 0 saturated heterocycles. The van der Waals surface area contributed by atoms with Crippen LogP contribution in [0.15, 0.2) is 64.3 Å². The average molecular weight is 461 g/mol. The van der Waals surface area contributed by atoms with Crippen LogP contribution in [0.4, 0.5) is 5.69 Å². The zero-order chi connectivity index (χ0) is 24.1. The first-order valence-corrected chi connectivity index (χ1v) is 11.5. The number of esters is 1. The predicted octanol–water partition coefficient (Wildman–Crippen LogP) is 5.18. The molecule has 0 N–H and O–H groups in total. The smallest absolute Gasteiger partial charge is 0.306 e. The van der Waals surface area contributed by atoms with Crippen molar-refractivity contribution in [3.8, 4) is 17.2 Å². The topological polar surface area (TPSA) is 81.9 Å². The molecule has 0 fully saturated rings. The summed E-state index contributed by atoms with van der Waals surface area (Å²) < 4.78 is 16.9. The van der Waals surface area contributed by atoms with Gasteiger partial charge in [0.05, 0.1) is 6.61 Å². The summed E-state index contributed by atoms with van der Waals surface area (Å²) in [5.74, 6) is 0.743. The molecular formula is C27H28N2O5. The van der Waals surface area contributed by atoms with Crippen molar-refractivity contribution in [3.05, 3.63) is 65.3 Å².